The predicted molar refractivity (Wildman–Crippen MR) is 81.4 cm³/mol. The van der Waals surface area contributed by atoms with Gasteiger partial charge in [0.1, 0.15) is 0 Å². The van der Waals surface area contributed by atoms with Crippen LogP contribution in [0.25, 0.3) is 0 Å². The second kappa shape index (κ2) is 6.12. The predicted octanol–water partition coefficient (Wildman–Crippen LogP) is 4.86. The highest BCUT2D eigenvalue weighted by molar-refractivity contribution is 6.30. The smallest absolute Gasteiger partial charge is 0.398 e. The van der Waals surface area contributed by atoms with Crippen molar-refractivity contribution in [1.29, 1.82) is 0 Å². The molecule has 25 heavy (non-hydrogen) atoms. The minimum atomic E-state index is -5.73. The van der Waals surface area contributed by atoms with Crippen LogP contribution in [0, 0.1) is 6.92 Å². The van der Waals surface area contributed by atoms with Crippen LogP contribution in [0.1, 0.15) is 23.6 Å². The first kappa shape index (κ1) is 19.4. The first-order chi connectivity index (χ1) is 11.4. The molecule has 0 atom stereocenters. The van der Waals surface area contributed by atoms with Gasteiger partial charge >= 0.3 is 12.4 Å². The third-order valence-corrected chi connectivity index (χ3v) is 4.18. The molecular weight excluding hydrogens is 372 g/mol. The van der Waals surface area contributed by atoms with Crippen LogP contribution in [-0.4, -0.2) is 22.1 Å². The summed E-state index contributed by atoms with van der Waals surface area (Å²) in [5.74, 6) is 0. The van der Waals surface area contributed by atoms with Crippen LogP contribution < -0.4 is 5.73 Å². The Bertz CT molecular complexity index is 765. The Labute approximate surface area is 144 Å². The fraction of sp³-hybridized carbons (Fsp3) is 0.400. The molecule has 0 fully saturated rings. The number of rotatable bonds is 3. The summed E-state index contributed by atoms with van der Waals surface area (Å²) in [7, 11) is 0. The van der Waals surface area contributed by atoms with Crippen molar-refractivity contribution in [2.45, 2.75) is 38.2 Å². The molecule has 1 aromatic heterocycles. The molecule has 0 aliphatic heterocycles. The summed E-state index contributed by atoms with van der Waals surface area (Å²) >= 11 is 5.53. The van der Waals surface area contributed by atoms with Gasteiger partial charge in [-0.3, -0.25) is 0 Å². The quantitative estimate of drug-likeness (QED) is 0.606. The molecular formula is C15H14ClF6N3. The molecule has 1 aromatic carbocycles. The van der Waals surface area contributed by atoms with E-state index >= 15 is 0 Å². The number of hydrogen-bond donors (Lipinski definition) is 1. The van der Waals surface area contributed by atoms with E-state index in [-0.39, 0.29) is 32.9 Å². The maximum absolute atomic E-state index is 13.9. The summed E-state index contributed by atoms with van der Waals surface area (Å²) in [4.78, 5) is 0. The van der Waals surface area contributed by atoms with Gasteiger partial charge in [0.05, 0.1) is 11.2 Å². The summed E-state index contributed by atoms with van der Waals surface area (Å²) in [6, 6.07) is 1.60. The van der Waals surface area contributed by atoms with Gasteiger partial charge in [0.25, 0.3) is 5.54 Å². The standard InChI is InChI=1S/C15H14ClF6N3/c1-3-9-5-10(4-8(2)12(9)23)13(14(17,18)19,15(20,21)22)25-7-11(16)6-24-25/h4-7H,3,23H2,1-2H3. The fourth-order valence-electron chi connectivity index (χ4n) is 2.74. The number of aromatic nitrogens is 2. The molecule has 1 heterocycles. The normalized spacial score (nSPS) is 13.3. The van der Waals surface area contributed by atoms with E-state index < -0.39 is 23.5 Å². The van der Waals surface area contributed by atoms with Gasteiger partial charge in [-0.15, -0.1) is 0 Å². The van der Waals surface area contributed by atoms with E-state index in [0.29, 0.717) is 6.20 Å². The summed E-state index contributed by atoms with van der Waals surface area (Å²) in [5.41, 5.74) is 0.821. The van der Waals surface area contributed by atoms with Crippen LogP contribution in [0.2, 0.25) is 5.02 Å². The summed E-state index contributed by atoms with van der Waals surface area (Å²) in [6.07, 6.45) is -10.1. The number of nitrogens with zero attached hydrogens (tertiary/aromatic N) is 2. The lowest BCUT2D eigenvalue weighted by atomic mass is 9.85. The SMILES string of the molecule is CCc1cc(C(n2cc(Cl)cn2)(C(F)(F)F)C(F)(F)F)cc(C)c1N. The fourth-order valence-corrected chi connectivity index (χ4v) is 2.87. The maximum Gasteiger partial charge on any atom is 0.426 e. The number of benzene rings is 1. The molecule has 0 aliphatic carbocycles. The average molecular weight is 386 g/mol. The van der Waals surface area contributed by atoms with E-state index in [1.165, 1.54) is 6.92 Å². The van der Waals surface area contributed by atoms with Gasteiger partial charge in [-0.05, 0) is 30.0 Å². The zero-order valence-electron chi connectivity index (χ0n) is 13.1. The lowest BCUT2D eigenvalue weighted by Crippen LogP contribution is -2.59. The molecule has 0 amide bonds. The Morgan fingerprint density at radius 3 is 2.08 bits per heavy atom. The van der Waals surface area contributed by atoms with Gasteiger partial charge in [0, 0.05) is 11.9 Å². The number of alkyl halides is 6. The second-order valence-corrected chi connectivity index (χ2v) is 5.96. The molecule has 2 aromatic rings. The minimum absolute atomic E-state index is 0.116. The Hall–Kier alpha value is -1.90. The first-order valence-electron chi connectivity index (χ1n) is 7.09. The molecule has 0 bridgehead atoms. The molecule has 0 saturated heterocycles. The molecule has 0 saturated carbocycles. The van der Waals surface area contributed by atoms with Crippen LogP contribution in [-0.2, 0) is 12.0 Å². The van der Waals surface area contributed by atoms with Gasteiger partial charge in [0.15, 0.2) is 0 Å². The highest BCUT2D eigenvalue weighted by Gasteiger charge is 2.74. The van der Waals surface area contributed by atoms with Crippen LogP contribution >= 0.6 is 11.6 Å². The molecule has 0 radical (unpaired) electrons. The lowest BCUT2D eigenvalue weighted by Gasteiger charge is -2.38. The molecule has 138 valence electrons. The van der Waals surface area contributed by atoms with Crippen molar-refractivity contribution >= 4 is 17.3 Å². The van der Waals surface area contributed by atoms with E-state index in [2.05, 4.69) is 5.10 Å². The number of aryl methyl sites for hydroxylation is 2. The molecule has 2 rings (SSSR count). The number of nitrogen functional groups attached to an aromatic ring is 1. The molecule has 2 N–H and O–H groups in total. The second-order valence-electron chi connectivity index (χ2n) is 5.53. The van der Waals surface area contributed by atoms with Gasteiger partial charge in [0.2, 0.25) is 0 Å². The van der Waals surface area contributed by atoms with E-state index in [1.807, 2.05) is 0 Å². The summed E-state index contributed by atoms with van der Waals surface area (Å²) in [6.45, 7) is 2.94. The van der Waals surface area contributed by atoms with Crippen molar-refractivity contribution in [3.8, 4) is 0 Å². The number of hydrogen-bond acceptors (Lipinski definition) is 2. The maximum atomic E-state index is 13.9. The van der Waals surface area contributed by atoms with Crippen LogP contribution in [0.15, 0.2) is 24.5 Å². The number of anilines is 1. The molecule has 0 aliphatic rings. The van der Waals surface area contributed by atoms with Crippen molar-refractivity contribution < 1.29 is 26.3 Å². The monoisotopic (exact) mass is 385 g/mol. The third kappa shape index (κ3) is 2.94. The molecule has 3 nitrogen and oxygen atoms in total. The highest BCUT2D eigenvalue weighted by atomic mass is 35.5. The zero-order chi connectivity index (χ0) is 19.2. The lowest BCUT2D eigenvalue weighted by molar-refractivity contribution is -0.316. The zero-order valence-corrected chi connectivity index (χ0v) is 13.9. The van der Waals surface area contributed by atoms with Crippen LogP contribution in [0.4, 0.5) is 32.0 Å². The first-order valence-corrected chi connectivity index (χ1v) is 7.47. The van der Waals surface area contributed by atoms with Gasteiger partial charge < -0.3 is 5.73 Å². The summed E-state index contributed by atoms with van der Waals surface area (Å²) < 4.78 is 83.0. The van der Waals surface area contributed by atoms with E-state index in [1.54, 1.807) is 6.92 Å². The molecule has 0 unspecified atom stereocenters. The van der Waals surface area contributed by atoms with Crippen molar-refractivity contribution in [1.82, 2.24) is 9.78 Å². The van der Waals surface area contributed by atoms with Crippen LogP contribution in [0.3, 0.4) is 0 Å². The third-order valence-electron chi connectivity index (χ3n) is 3.99. The topological polar surface area (TPSA) is 43.8 Å². The van der Waals surface area contributed by atoms with Crippen molar-refractivity contribution in [3.05, 3.63) is 46.2 Å². The van der Waals surface area contributed by atoms with E-state index in [0.717, 1.165) is 18.3 Å². The largest absolute Gasteiger partial charge is 0.426 e. The van der Waals surface area contributed by atoms with Crippen LogP contribution in [0.5, 0.6) is 0 Å². The van der Waals surface area contributed by atoms with Gasteiger partial charge in [-0.1, -0.05) is 30.7 Å². The Balaban J connectivity index is 2.97. The van der Waals surface area contributed by atoms with E-state index in [4.69, 9.17) is 17.3 Å². The molecule has 10 heteroatoms. The number of halogens is 7. The Kier molecular flexibility index (Phi) is 4.75. The van der Waals surface area contributed by atoms with Gasteiger partial charge in [-0.25, -0.2) is 4.68 Å². The van der Waals surface area contributed by atoms with E-state index in [9.17, 15) is 26.3 Å². The van der Waals surface area contributed by atoms with Crippen molar-refractivity contribution in [2.24, 2.45) is 0 Å². The molecule has 0 spiro atoms. The van der Waals surface area contributed by atoms with Crippen molar-refractivity contribution in [2.75, 3.05) is 5.73 Å². The minimum Gasteiger partial charge on any atom is -0.398 e. The van der Waals surface area contributed by atoms with Crippen molar-refractivity contribution in [3.63, 3.8) is 0 Å². The summed E-state index contributed by atoms with van der Waals surface area (Å²) in [5, 5.41) is 2.87. The Morgan fingerprint density at radius 2 is 1.68 bits per heavy atom. The Morgan fingerprint density at radius 1 is 1.12 bits per heavy atom. The highest BCUT2D eigenvalue weighted by Crippen LogP contribution is 2.53. The van der Waals surface area contributed by atoms with Gasteiger partial charge in [-0.2, -0.15) is 31.4 Å². The average Bonchev–Trinajstić information content (AvgIpc) is 2.86. The number of nitrogens with two attached hydrogens (primary N) is 1.